The van der Waals surface area contributed by atoms with Gasteiger partial charge in [-0.1, -0.05) is 6.07 Å². The van der Waals surface area contributed by atoms with Crippen molar-refractivity contribution in [3.8, 4) is 10.6 Å². The van der Waals surface area contributed by atoms with Crippen LogP contribution in [0.3, 0.4) is 0 Å². The van der Waals surface area contributed by atoms with E-state index in [1.165, 1.54) is 0 Å². The van der Waals surface area contributed by atoms with Crippen LogP contribution < -0.4 is 5.73 Å². The highest BCUT2D eigenvalue weighted by Gasteiger charge is 2.30. The average molecular weight is 355 g/mol. The Bertz CT molecular complexity index is 931. The number of fused-ring (bicyclic) bond motifs is 1. The predicted molar refractivity (Wildman–Crippen MR) is 99.7 cm³/mol. The molecule has 25 heavy (non-hydrogen) atoms. The van der Waals surface area contributed by atoms with Crippen LogP contribution in [0.15, 0.2) is 23.6 Å². The van der Waals surface area contributed by atoms with Gasteiger partial charge in [0.05, 0.1) is 27.2 Å². The lowest BCUT2D eigenvalue weighted by Crippen LogP contribution is -2.40. The number of nitrogens with two attached hydrogens (primary N) is 1. The van der Waals surface area contributed by atoms with Crippen LogP contribution in [0, 0.1) is 6.92 Å². The Morgan fingerprint density at radius 3 is 3.04 bits per heavy atom. The summed E-state index contributed by atoms with van der Waals surface area (Å²) in [5.74, 6) is 0.0363. The summed E-state index contributed by atoms with van der Waals surface area (Å²) in [6.45, 7) is 3.19. The molecule has 4 rings (SSSR count). The number of nitrogens with zero attached hydrogens (tertiary/aromatic N) is 4. The Balaban J connectivity index is 1.90. The molecule has 3 aromatic heterocycles. The van der Waals surface area contributed by atoms with Crippen LogP contribution in [0.4, 0.5) is 0 Å². The van der Waals surface area contributed by atoms with Crippen LogP contribution in [0.25, 0.3) is 21.6 Å². The molecule has 0 bridgehead atoms. The van der Waals surface area contributed by atoms with Crippen molar-refractivity contribution in [2.24, 2.45) is 12.8 Å². The third-order valence-electron chi connectivity index (χ3n) is 4.88. The first-order valence-electron chi connectivity index (χ1n) is 8.49. The molecule has 0 spiro atoms. The van der Waals surface area contributed by atoms with E-state index in [0.29, 0.717) is 12.1 Å². The van der Waals surface area contributed by atoms with Gasteiger partial charge in [0.15, 0.2) is 5.65 Å². The molecular formula is C18H21N5OS. The van der Waals surface area contributed by atoms with Crippen molar-refractivity contribution < 1.29 is 4.79 Å². The van der Waals surface area contributed by atoms with Gasteiger partial charge in [-0.3, -0.25) is 9.48 Å². The zero-order valence-electron chi connectivity index (χ0n) is 14.4. The molecule has 0 saturated carbocycles. The average Bonchev–Trinajstić information content (AvgIpc) is 3.34. The summed E-state index contributed by atoms with van der Waals surface area (Å²) in [5, 5.41) is 7.34. The van der Waals surface area contributed by atoms with Crippen LogP contribution >= 0.6 is 11.3 Å². The van der Waals surface area contributed by atoms with Crippen molar-refractivity contribution in [2.75, 3.05) is 13.1 Å². The van der Waals surface area contributed by atoms with E-state index in [-0.39, 0.29) is 11.9 Å². The van der Waals surface area contributed by atoms with E-state index >= 15 is 0 Å². The highest BCUT2D eigenvalue weighted by atomic mass is 32.1. The van der Waals surface area contributed by atoms with Crippen LogP contribution in [-0.4, -0.2) is 44.7 Å². The van der Waals surface area contributed by atoms with E-state index in [4.69, 9.17) is 10.7 Å². The van der Waals surface area contributed by atoms with Crippen LogP contribution in [0.2, 0.25) is 0 Å². The first kappa shape index (κ1) is 16.2. The molecule has 1 atom stereocenters. The number of likely N-dealkylation sites (tertiary alicyclic amines) is 1. The molecule has 1 aliphatic heterocycles. The first-order valence-corrected chi connectivity index (χ1v) is 9.37. The van der Waals surface area contributed by atoms with Gasteiger partial charge in [-0.2, -0.15) is 5.10 Å². The van der Waals surface area contributed by atoms with E-state index in [1.54, 1.807) is 16.0 Å². The van der Waals surface area contributed by atoms with Gasteiger partial charge in [-0.05, 0) is 37.3 Å². The van der Waals surface area contributed by atoms with Crippen molar-refractivity contribution in [1.29, 1.82) is 0 Å². The highest BCUT2D eigenvalue weighted by Crippen LogP contribution is 2.31. The van der Waals surface area contributed by atoms with E-state index in [2.05, 4.69) is 5.10 Å². The standard InChI is InChI=1S/C18H21N5OS/c1-11-16-13(18(24)23-7-3-5-12(23)10-19)9-14(15-6-4-8-25-15)20-17(16)22(2)21-11/h4,6,8-9,12H,3,5,7,10,19H2,1-2H3. The SMILES string of the molecule is Cc1nn(C)c2nc(-c3cccs3)cc(C(=O)N3CCCC3CN)c12. The summed E-state index contributed by atoms with van der Waals surface area (Å²) >= 11 is 1.62. The third kappa shape index (κ3) is 2.63. The fourth-order valence-corrected chi connectivity index (χ4v) is 4.35. The predicted octanol–water partition coefficient (Wildman–Crippen LogP) is 2.57. The fraction of sp³-hybridized carbons (Fsp3) is 0.389. The third-order valence-corrected chi connectivity index (χ3v) is 5.78. The minimum atomic E-state index is 0.0363. The molecule has 0 aliphatic carbocycles. The summed E-state index contributed by atoms with van der Waals surface area (Å²) < 4.78 is 1.75. The number of rotatable bonds is 3. The Kier molecular flexibility index (Phi) is 4.05. The summed E-state index contributed by atoms with van der Waals surface area (Å²) in [5.41, 5.74) is 8.94. The quantitative estimate of drug-likeness (QED) is 0.783. The van der Waals surface area contributed by atoms with E-state index in [1.807, 2.05) is 42.5 Å². The summed E-state index contributed by atoms with van der Waals surface area (Å²) in [7, 11) is 1.87. The zero-order chi connectivity index (χ0) is 17.6. The molecule has 7 heteroatoms. The molecule has 1 saturated heterocycles. The summed E-state index contributed by atoms with van der Waals surface area (Å²) in [6, 6.07) is 6.05. The second-order valence-electron chi connectivity index (χ2n) is 6.47. The largest absolute Gasteiger partial charge is 0.334 e. The maximum absolute atomic E-state index is 13.3. The Morgan fingerprint density at radius 1 is 1.48 bits per heavy atom. The number of hydrogen-bond donors (Lipinski definition) is 1. The number of pyridine rings is 1. The van der Waals surface area contributed by atoms with Crippen molar-refractivity contribution in [2.45, 2.75) is 25.8 Å². The number of thiophene rings is 1. The van der Waals surface area contributed by atoms with Crippen LogP contribution in [0.1, 0.15) is 28.9 Å². The molecule has 0 aromatic carbocycles. The second kappa shape index (κ2) is 6.24. The molecule has 130 valence electrons. The Labute approximate surface area is 150 Å². The molecule has 6 nitrogen and oxygen atoms in total. The fourth-order valence-electron chi connectivity index (χ4n) is 3.67. The van der Waals surface area contributed by atoms with Crippen LogP contribution in [-0.2, 0) is 7.05 Å². The van der Waals surface area contributed by atoms with Crippen molar-refractivity contribution in [3.63, 3.8) is 0 Å². The minimum Gasteiger partial charge on any atom is -0.334 e. The van der Waals surface area contributed by atoms with Gasteiger partial charge in [0.2, 0.25) is 0 Å². The van der Waals surface area contributed by atoms with Gasteiger partial charge in [-0.25, -0.2) is 4.98 Å². The number of aromatic nitrogens is 3. The van der Waals surface area contributed by atoms with Gasteiger partial charge in [0.1, 0.15) is 0 Å². The summed E-state index contributed by atoms with van der Waals surface area (Å²) in [6.07, 6.45) is 1.98. The molecule has 1 amide bonds. The number of aryl methyl sites for hydroxylation is 2. The molecule has 2 N–H and O–H groups in total. The van der Waals surface area contributed by atoms with Crippen molar-refractivity contribution >= 4 is 28.3 Å². The maximum Gasteiger partial charge on any atom is 0.255 e. The van der Waals surface area contributed by atoms with E-state index < -0.39 is 0 Å². The zero-order valence-corrected chi connectivity index (χ0v) is 15.2. The lowest BCUT2D eigenvalue weighted by molar-refractivity contribution is 0.0743. The van der Waals surface area contributed by atoms with E-state index in [0.717, 1.165) is 46.7 Å². The molecule has 3 aromatic rings. The maximum atomic E-state index is 13.3. The molecule has 0 radical (unpaired) electrons. The number of carbonyl (C=O) groups is 1. The number of carbonyl (C=O) groups excluding carboxylic acids is 1. The van der Waals surface area contributed by atoms with Gasteiger partial charge < -0.3 is 10.6 Å². The van der Waals surface area contributed by atoms with E-state index in [9.17, 15) is 4.79 Å². The molecule has 1 fully saturated rings. The molecule has 1 aliphatic rings. The highest BCUT2D eigenvalue weighted by molar-refractivity contribution is 7.13. The monoisotopic (exact) mass is 355 g/mol. The minimum absolute atomic E-state index is 0.0363. The first-order chi connectivity index (χ1) is 12.1. The Hall–Kier alpha value is -2.25. The smallest absolute Gasteiger partial charge is 0.255 e. The second-order valence-corrected chi connectivity index (χ2v) is 7.42. The van der Waals surface area contributed by atoms with Gasteiger partial charge in [-0.15, -0.1) is 11.3 Å². The molecule has 1 unspecified atom stereocenters. The normalized spacial score (nSPS) is 17.6. The Morgan fingerprint density at radius 2 is 2.32 bits per heavy atom. The van der Waals surface area contributed by atoms with Gasteiger partial charge in [0.25, 0.3) is 5.91 Å². The van der Waals surface area contributed by atoms with Gasteiger partial charge in [0, 0.05) is 26.2 Å². The number of hydrogen-bond acceptors (Lipinski definition) is 5. The number of amides is 1. The lowest BCUT2D eigenvalue weighted by atomic mass is 10.1. The van der Waals surface area contributed by atoms with Gasteiger partial charge >= 0.3 is 0 Å². The lowest BCUT2D eigenvalue weighted by Gasteiger charge is -2.24. The van der Waals surface area contributed by atoms with Crippen molar-refractivity contribution in [3.05, 3.63) is 34.8 Å². The summed E-state index contributed by atoms with van der Waals surface area (Å²) in [4.78, 5) is 21.0. The molecular weight excluding hydrogens is 334 g/mol. The van der Waals surface area contributed by atoms with Crippen molar-refractivity contribution in [1.82, 2.24) is 19.7 Å². The molecule has 4 heterocycles. The van der Waals surface area contributed by atoms with Crippen LogP contribution in [0.5, 0.6) is 0 Å². The topological polar surface area (TPSA) is 77.0 Å².